The number of amides is 1. The summed E-state index contributed by atoms with van der Waals surface area (Å²) >= 11 is 1.80. The Labute approximate surface area is 129 Å². The first-order valence-electron chi connectivity index (χ1n) is 6.98. The third-order valence-corrected chi connectivity index (χ3v) is 4.86. The summed E-state index contributed by atoms with van der Waals surface area (Å²) in [6.45, 7) is 4.65. The standard InChI is InChI=1S/C17H18N2OS/c1-11-9-12(2)14(18)10-13(11)17(20)19-7-8-21-16-6-4-3-5-15(16)19/h3-6,9-10H,7-8,18H2,1-2H3. The van der Waals surface area contributed by atoms with Crippen LogP contribution >= 0.6 is 11.8 Å². The molecule has 0 aliphatic carbocycles. The van der Waals surface area contributed by atoms with E-state index < -0.39 is 0 Å². The first kappa shape index (κ1) is 14.0. The Morgan fingerprint density at radius 1 is 1.19 bits per heavy atom. The fourth-order valence-electron chi connectivity index (χ4n) is 2.63. The normalized spacial score (nSPS) is 13.9. The summed E-state index contributed by atoms with van der Waals surface area (Å²) in [6.07, 6.45) is 0. The highest BCUT2D eigenvalue weighted by Crippen LogP contribution is 2.35. The molecule has 3 rings (SSSR count). The smallest absolute Gasteiger partial charge is 0.258 e. The number of carbonyl (C=O) groups excluding carboxylic acids is 1. The topological polar surface area (TPSA) is 46.3 Å². The Bertz CT molecular complexity index is 712. The molecule has 2 N–H and O–H groups in total. The van der Waals surface area contributed by atoms with Gasteiger partial charge in [0, 0.05) is 28.4 Å². The molecule has 0 atom stereocenters. The van der Waals surface area contributed by atoms with E-state index in [9.17, 15) is 4.79 Å². The number of nitrogens with two attached hydrogens (primary N) is 1. The molecule has 1 heterocycles. The number of fused-ring (bicyclic) bond motifs is 1. The Morgan fingerprint density at radius 3 is 2.76 bits per heavy atom. The fraction of sp³-hybridized carbons (Fsp3) is 0.235. The van der Waals surface area contributed by atoms with E-state index >= 15 is 0 Å². The summed E-state index contributed by atoms with van der Waals surface area (Å²) in [5, 5.41) is 0. The molecule has 0 unspecified atom stereocenters. The summed E-state index contributed by atoms with van der Waals surface area (Å²) in [4.78, 5) is 15.9. The highest BCUT2D eigenvalue weighted by molar-refractivity contribution is 7.99. The number of thioether (sulfide) groups is 1. The number of rotatable bonds is 1. The maximum Gasteiger partial charge on any atom is 0.258 e. The van der Waals surface area contributed by atoms with Gasteiger partial charge >= 0.3 is 0 Å². The van der Waals surface area contributed by atoms with Gasteiger partial charge in [0.2, 0.25) is 0 Å². The zero-order chi connectivity index (χ0) is 15.0. The lowest BCUT2D eigenvalue weighted by atomic mass is 10.0. The van der Waals surface area contributed by atoms with Gasteiger partial charge in [-0.3, -0.25) is 4.79 Å². The first-order chi connectivity index (χ1) is 10.1. The Kier molecular flexibility index (Phi) is 3.64. The minimum atomic E-state index is 0.0342. The summed E-state index contributed by atoms with van der Waals surface area (Å²) in [6, 6.07) is 11.8. The van der Waals surface area contributed by atoms with Crippen LogP contribution in [0.5, 0.6) is 0 Å². The number of hydrogen-bond acceptors (Lipinski definition) is 3. The lowest BCUT2D eigenvalue weighted by Crippen LogP contribution is -2.35. The van der Waals surface area contributed by atoms with Crippen molar-refractivity contribution in [3.63, 3.8) is 0 Å². The van der Waals surface area contributed by atoms with E-state index in [1.165, 1.54) is 0 Å². The van der Waals surface area contributed by atoms with Crippen LogP contribution in [-0.4, -0.2) is 18.2 Å². The quantitative estimate of drug-likeness (QED) is 0.818. The zero-order valence-corrected chi connectivity index (χ0v) is 13.0. The summed E-state index contributed by atoms with van der Waals surface area (Å²) in [5.74, 6) is 0.954. The number of hydrogen-bond donors (Lipinski definition) is 1. The van der Waals surface area contributed by atoms with Crippen molar-refractivity contribution in [1.82, 2.24) is 0 Å². The van der Waals surface area contributed by atoms with Crippen molar-refractivity contribution in [2.75, 3.05) is 22.9 Å². The summed E-state index contributed by atoms with van der Waals surface area (Å²) in [5.41, 5.74) is 10.3. The third kappa shape index (κ3) is 2.51. The second kappa shape index (κ2) is 5.45. The van der Waals surface area contributed by atoms with Crippen LogP contribution in [0.15, 0.2) is 41.3 Å². The second-order valence-corrected chi connectivity index (χ2v) is 6.43. The largest absolute Gasteiger partial charge is 0.398 e. The molecule has 0 saturated carbocycles. The first-order valence-corrected chi connectivity index (χ1v) is 7.97. The Morgan fingerprint density at radius 2 is 1.95 bits per heavy atom. The van der Waals surface area contributed by atoms with Crippen molar-refractivity contribution < 1.29 is 4.79 Å². The number of anilines is 2. The van der Waals surface area contributed by atoms with Gasteiger partial charge in [-0.15, -0.1) is 11.8 Å². The van der Waals surface area contributed by atoms with Crippen molar-refractivity contribution in [2.24, 2.45) is 0 Å². The molecule has 21 heavy (non-hydrogen) atoms. The molecule has 0 aromatic heterocycles. The van der Waals surface area contributed by atoms with Gasteiger partial charge in [-0.1, -0.05) is 18.2 Å². The van der Waals surface area contributed by atoms with E-state index in [-0.39, 0.29) is 5.91 Å². The molecule has 4 heteroatoms. The molecule has 0 fully saturated rings. The average molecular weight is 298 g/mol. The molecule has 2 aromatic carbocycles. The van der Waals surface area contributed by atoms with E-state index in [2.05, 4.69) is 6.07 Å². The van der Waals surface area contributed by atoms with Crippen LogP contribution in [0.3, 0.4) is 0 Å². The molecular weight excluding hydrogens is 280 g/mol. The summed E-state index contributed by atoms with van der Waals surface area (Å²) < 4.78 is 0. The third-order valence-electron chi connectivity index (χ3n) is 3.82. The van der Waals surface area contributed by atoms with Crippen LogP contribution in [0.2, 0.25) is 0 Å². The Hall–Kier alpha value is -1.94. The van der Waals surface area contributed by atoms with Crippen LogP contribution in [0.4, 0.5) is 11.4 Å². The minimum absolute atomic E-state index is 0.0342. The molecule has 108 valence electrons. The molecule has 1 amide bonds. The monoisotopic (exact) mass is 298 g/mol. The SMILES string of the molecule is Cc1cc(C)c(C(=O)N2CCSc3ccccc32)cc1N. The van der Waals surface area contributed by atoms with Crippen LogP contribution in [0.25, 0.3) is 0 Å². The van der Waals surface area contributed by atoms with Crippen LogP contribution in [-0.2, 0) is 0 Å². The average Bonchev–Trinajstić information content (AvgIpc) is 2.49. The molecule has 1 aliphatic heterocycles. The van der Waals surface area contributed by atoms with E-state index in [4.69, 9.17) is 5.73 Å². The Balaban J connectivity index is 2.03. The van der Waals surface area contributed by atoms with E-state index in [0.29, 0.717) is 11.3 Å². The number of nitrogen functional groups attached to an aromatic ring is 1. The maximum atomic E-state index is 12.9. The fourth-order valence-corrected chi connectivity index (χ4v) is 3.62. The van der Waals surface area contributed by atoms with Gasteiger partial charge in [-0.2, -0.15) is 0 Å². The van der Waals surface area contributed by atoms with Crippen molar-refractivity contribution in [1.29, 1.82) is 0 Å². The number of aryl methyl sites for hydroxylation is 2. The minimum Gasteiger partial charge on any atom is -0.398 e. The van der Waals surface area contributed by atoms with E-state index in [1.807, 2.05) is 43.0 Å². The highest BCUT2D eigenvalue weighted by atomic mass is 32.2. The molecule has 0 bridgehead atoms. The van der Waals surface area contributed by atoms with E-state index in [0.717, 1.165) is 34.0 Å². The van der Waals surface area contributed by atoms with Crippen LogP contribution < -0.4 is 10.6 Å². The second-order valence-electron chi connectivity index (χ2n) is 5.30. The van der Waals surface area contributed by atoms with Crippen molar-refractivity contribution in [3.05, 3.63) is 53.1 Å². The number of benzene rings is 2. The molecule has 0 radical (unpaired) electrons. The molecule has 3 nitrogen and oxygen atoms in total. The maximum absolute atomic E-state index is 12.9. The van der Waals surface area contributed by atoms with Crippen molar-refractivity contribution in [2.45, 2.75) is 18.7 Å². The predicted octanol–water partition coefficient (Wildman–Crippen LogP) is 3.64. The molecule has 0 saturated heterocycles. The van der Waals surface area contributed by atoms with Crippen LogP contribution in [0, 0.1) is 13.8 Å². The molecule has 2 aromatic rings. The zero-order valence-electron chi connectivity index (χ0n) is 12.2. The van der Waals surface area contributed by atoms with Gasteiger partial charge in [0.1, 0.15) is 0 Å². The summed E-state index contributed by atoms with van der Waals surface area (Å²) in [7, 11) is 0. The van der Waals surface area contributed by atoms with Crippen molar-refractivity contribution >= 4 is 29.0 Å². The van der Waals surface area contributed by atoms with Gasteiger partial charge in [-0.05, 0) is 43.2 Å². The van der Waals surface area contributed by atoms with Gasteiger partial charge < -0.3 is 10.6 Å². The molecular formula is C17H18N2OS. The molecule has 0 spiro atoms. The van der Waals surface area contributed by atoms with Crippen LogP contribution in [0.1, 0.15) is 21.5 Å². The van der Waals surface area contributed by atoms with Crippen molar-refractivity contribution in [3.8, 4) is 0 Å². The highest BCUT2D eigenvalue weighted by Gasteiger charge is 2.25. The number of carbonyl (C=O) groups is 1. The van der Waals surface area contributed by atoms with Gasteiger partial charge in [0.05, 0.1) is 5.69 Å². The number of para-hydroxylation sites is 1. The van der Waals surface area contributed by atoms with E-state index in [1.54, 1.807) is 17.8 Å². The van der Waals surface area contributed by atoms with Gasteiger partial charge in [-0.25, -0.2) is 0 Å². The molecule has 1 aliphatic rings. The predicted molar refractivity (Wildman–Crippen MR) is 89.2 cm³/mol. The lowest BCUT2D eigenvalue weighted by molar-refractivity contribution is 0.0987. The van der Waals surface area contributed by atoms with Gasteiger partial charge in [0.25, 0.3) is 5.91 Å². The number of nitrogens with zero attached hydrogens (tertiary/aromatic N) is 1. The lowest BCUT2D eigenvalue weighted by Gasteiger charge is -2.29. The van der Waals surface area contributed by atoms with Gasteiger partial charge in [0.15, 0.2) is 0 Å².